The number of hydrogen-bond donors (Lipinski definition) is 2. The zero-order valence-electron chi connectivity index (χ0n) is 17.0. The Labute approximate surface area is 170 Å². The van der Waals surface area contributed by atoms with Crippen molar-refractivity contribution in [3.63, 3.8) is 0 Å². The van der Waals surface area contributed by atoms with Gasteiger partial charge < -0.3 is 15.5 Å². The van der Waals surface area contributed by atoms with Crippen LogP contribution in [0.5, 0.6) is 0 Å². The van der Waals surface area contributed by atoms with Crippen LogP contribution in [0.2, 0.25) is 0 Å². The van der Waals surface area contributed by atoms with Crippen LogP contribution in [-0.2, 0) is 9.59 Å². The molecule has 29 heavy (non-hydrogen) atoms. The highest BCUT2D eigenvalue weighted by Gasteiger charge is 2.24. The molecule has 0 radical (unpaired) electrons. The third-order valence-electron chi connectivity index (χ3n) is 4.84. The summed E-state index contributed by atoms with van der Waals surface area (Å²) in [4.78, 5) is 37.9. The van der Waals surface area contributed by atoms with Crippen LogP contribution in [0.15, 0.2) is 18.2 Å². The number of halogens is 2. The van der Waals surface area contributed by atoms with Crippen molar-refractivity contribution in [2.75, 3.05) is 19.6 Å². The number of carbonyl (C=O) groups is 3. The Bertz CT molecular complexity index is 732. The lowest BCUT2D eigenvalue weighted by Gasteiger charge is -2.33. The van der Waals surface area contributed by atoms with E-state index in [0.29, 0.717) is 37.9 Å². The number of hydrogen-bond acceptors (Lipinski definition) is 3. The number of piperidine rings is 1. The highest BCUT2D eigenvalue weighted by atomic mass is 19.1. The lowest BCUT2D eigenvalue weighted by molar-refractivity contribution is -0.133. The molecule has 1 aliphatic heterocycles. The van der Waals surface area contributed by atoms with Crippen LogP contribution in [0.3, 0.4) is 0 Å². The predicted octanol–water partition coefficient (Wildman–Crippen LogP) is 2.63. The summed E-state index contributed by atoms with van der Waals surface area (Å²) in [6, 6.07) is 2.82. The molecule has 1 saturated heterocycles. The van der Waals surface area contributed by atoms with Crippen molar-refractivity contribution >= 4 is 17.7 Å². The molecule has 1 aromatic carbocycles. The lowest BCUT2D eigenvalue weighted by atomic mass is 10.0. The number of amides is 3. The molecule has 160 valence electrons. The molecule has 0 atom stereocenters. The smallest absolute Gasteiger partial charge is 0.254 e. The molecule has 1 heterocycles. The first-order valence-corrected chi connectivity index (χ1v) is 10.1. The summed E-state index contributed by atoms with van der Waals surface area (Å²) >= 11 is 0. The van der Waals surface area contributed by atoms with Crippen LogP contribution in [0.1, 0.15) is 56.3 Å². The van der Waals surface area contributed by atoms with E-state index in [1.807, 2.05) is 18.7 Å². The molecule has 1 fully saturated rings. The van der Waals surface area contributed by atoms with E-state index in [4.69, 9.17) is 0 Å². The molecule has 2 rings (SSSR count). The number of rotatable bonds is 8. The highest BCUT2D eigenvalue weighted by molar-refractivity contribution is 5.94. The maximum Gasteiger partial charge on any atom is 0.254 e. The van der Waals surface area contributed by atoms with Crippen molar-refractivity contribution < 1.29 is 23.2 Å². The molecule has 8 heteroatoms. The fraction of sp³-hybridized carbons (Fsp3) is 0.571. The van der Waals surface area contributed by atoms with Crippen molar-refractivity contribution in [2.24, 2.45) is 5.92 Å². The van der Waals surface area contributed by atoms with Gasteiger partial charge in [0.1, 0.15) is 11.6 Å². The normalized spacial score (nSPS) is 14.7. The fourth-order valence-electron chi connectivity index (χ4n) is 3.27. The van der Waals surface area contributed by atoms with E-state index in [2.05, 4.69) is 10.6 Å². The maximum atomic E-state index is 13.5. The van der Waals surface area contributed by atoms with Gasteiger partial charge in [-0.2, -0.15) is 0 Å². The minimum atomic E-state index is -0.918. The summed E-state index contributed by atoms with van der Waals surface area (Å²) in [5, 5.41) is 5.49. The van der Waals surface area contributed by atoms with Crippen LogP contribution in [0.25, 0.3) is 0 Å². The number of nitrogens with one attached hydrogen (secondary N) is 2. The Kier molecular flexibility index (Phi) is 8.54. The first-order chi connectivity index (χ1) is 13.8. The molecule has 0 saturated carbocycles. The largest absolute Gasteiger partial charge is 0.353 e. The van der Waals surface area contributed by atoms with E-state index >= 15 is 0 Å². The first kappa shape index (κ1) is 22.8. The van der Waals surface area contributed by atoms with Gasteiger partial charge in [-0.3, -0.25) is 14.4 Å². The van der Waals surface area contributed by atoms with E-state index in [9.17, 15) is 23.2 Å². The number of benzene rings is 1. The maximum absolute atomic E-state index is 13.5. The van der Waals surface area contributed by atoms with Crippen molar-refractivity contribution in [2.45, 2.75) is 52.0 Å². The van der Waals surface area contributed by atoms with Gasteiger partial charge in [-0.15, -0.1) is 0 Å². The van der Waals surface area contributed by atoms with Crippen LogP contribution >= 0.6 is 0 Å². The van der Waals surface area contributed by atoms with Crippen molar-refractivity contribution in [3.8, 4) is 0 Å². The van der Waals surface area contributed by atoms with Gasteiger partial charge in [0.05, 0.1) is 5.56 Å². The molecular weight excluding hydrogens is 380 g/mol. The zero-order valence-corrected chi connectivity index (χ0v) is 17.0. The topological polar surface area (TPSA) is 78.5 Å². The molecule has 0 spiro atoms. The Hall–Kier alpha value is -2.51. The first-order valence-electron chi connectivity index (χ1n) is 10.1. The molecule has 0 unspecified atom stereocenters. The molecule has 0 aromatic heterocycles. The van der Waals surface area contributed by atoms with Gasteiger partial charge >= 0.3 is 0 Å². The lowest BCUT2D eigenvalue weighted by Crippen LogP contribution is -2.46. The average molecular weight is 409 g/mol. The third kappa shape index (κ3) is 7.44. The molecule has 6 nitrogen and oxygen atoms in total. The van der Waals surface area contributed by atoms with Crippen LogP contribution in [0.4, 0.5) is 8.78 Å². The van der Waals surface area contributed by atoms with Gasteiger partial charge in [-0.25, -0.2) is 8.78 Å². The van der Waals surface area contributed by atoms with Gasteiger partial charge in [0.2, 0.25) is 11.8 Å². The van der Waals surface area contributed by atoms with E-state index < -0.39 is 17.5 Å². The second-order valence-electron chi connectivity index (χ2n) is 7.80. The summed E-state index contributed by atoms with van der Waals surface area (Å²) in [6.07, 6.45) is 2.65. The molecule has 1 aliphatic rings. The van der Waals surface area contributed by atoms with Crippen molar-refractivity contribution in [1.29, 1.82) is 0 Å². The van der Waals surface area contributed by atoms with E-state index in [1.54, 1.807) is 0 Å². The summed E-state index contributed by atoms with van der Waals surface area (Å²) < 4.78 is 26.4. The Morgan fingerprint density at radius 1 is 1.17 bits per heavy atom. The third-order valence-corrected chi connectivity index (χ3v) is 4.84. The molecule has 3 amide bonds. The summed E-state index contributed by atoms with van der Waals surface area (Å²) in [7, 11) is 0. The van der Waals surface area contributed by atoms with E-state index in [1.165, 1.54) is 0 Å². The van der Waals surface area contributed by atoms with E-state index in [-0.39, 0.29) is 36.4 Å². The van der Waals surface area contributed by atoms with Gasteiger partial charge in [-0.05, 0) is 37.3 Å². The summed E-state index contributed by atoms with van der Waals surface area (Å²) in [5.41, 5.74) is -0.227. The van der Waals surface area contributed by atoms with E-state index in [0.717, 1.165) is 25.0 Å². The fourth-order valence-corrected chi connectivity index (χ4v) is 3.27. The van der Waals surface area contributed by atoms with Gasteiger partial charge in [0.25, 0.3) is 5.91 Å². The minimum absolute atomic E-state index is 0.0495. The van der Waals surface area contributed by atoms with Gasteiger partial charge in [-0.1, -0.05) is 13.8 Å². The second kappa shape index (κ2) is 10.9. The van der Waals surface area contributed by atoms with Crippen LogP contribution in [0, 0.1) is 17.6 Å². The van der Waals surface area contributed by atoms with Gasteiger partial charge in [0, 0.05) is 44.6 Å². The Morgan fingerprint density at radius 2 is 1.86 bits per heavy atom. The SMILES string of the molecule is CC(C)CC(=O)N1CCC(NC(=O)CCCNC(=O)c2ccc(F)cc2F)CC1. The number of likely N-dealkylation sites (tertiary alicyclic amines) is 1. The van der Waals surface area contributed by atoms with Crippen LogP contribution < -0.4 is 10.6 Å². The average Bonchev–Trinajstić information content (AvgIpc) is 2.65. The molecular formula is C21H29F2N3O3. The predicted molar refractivity (Wildman–Crippen MR) is 105 cm³/mol. The molecule has 0 aliphatic carbocycles. The number of carbonyl (C=O) groups excluding carboxylic acids is 3. The number of nitrogens with zero attached hydrogens (tertiary/aromatic N) is 1. The monoisotopic (exact) mass is 409 g/mol. The Morgan fingerprint density at radius 3 is 2.48 bits per heavy atom. The molecule has 2 N–H and O–H groups in total. The quantitative estimate of drug-likeness (QED) is 0.648. The van der Waals surface area contributed by atoms with Crippen LogP contribution in [-0.4, -0.2) is 48.3 Å². The second-order valence-corrected chi connectivity index (χ2v) is 7.80. The summed E-state index contributed by atoms with van der Waals surface area (Å²) in [5.74, 6) is -1.91. The van der Waals surface area contributed by atoms with Gasteiger partial charge in [0.15, 0.2) is 0 Å². The summed E-state index contributed by atoms with van der Waals surface area (Å²) in [6.45, 7) is 5.55. The molecule has 0 bridgehead atoms. The highest BCUT2D eigenvalue weighted by Crippen LogP contribution is 2.14. The van der Waals surface area contributed by atoms with Crippen molar-refractivity contribution in [3.05, 3.63) is 35.4 Å². The molecule has 1 aromatic rings. The minimum Gasteiger partial charge on any atom is -0.353 e. The Balaban J connectivity index is 1.63. The van der Waals surface area contributed by atoms with Crippen molar-refractivity contribution in [1.82, 2.24) is 15.5 Å². The zero-order chi connectivity index (χ0) is 21.4. The standard InChI is InChI=1S/C21H29F2N3O3/c1-14(2)12-20(28)26-10-7-16(8-11-26)25-19(27)4-3-9-24-21(29)17-6-5-15(22)13-18(17)23/h5-6,13-14,16H,3-4,7-12H2,1-2H3,(H,24,29)(H,25,27).